The maximum atomic E-state index is 14.0. The first-order valence-electron chi connectivity index (χ1n) is 9.83. The highest BCUT2D eigenvalue weighted by molar-refractivity contribution is 7.84. The molecule has 0 aromatic heterocycles. The molecule has 1 atom stereocenters. The second-order valence-corrected chi connectivity index (χ2v) is 9.08. The number of likely N-dealkylation sites (N-methyl/N-ethyl adjacent to an activating group) is 1. The van der Waals surface area contributed by atoms with E-state index in [0.717, 1.165) is 44.8 Å². The zero-order valence-electron chi connectivity index (χ0n) is 17.8. The van der Waals surface area contributed by atoms with Crippen LogP contribution in [0.15, 0.2) is 52.9 Å². The van der Waals surface area contributed by atoms with Gasteiger partial charge in [0.1, 0.15) is 5.82 Å². The molecule has 6 heteroatoms. The Morgan fingerprint density at radius 1 is 1.13 bits per heavy atom. The molecule has 0 bridgehead atoms. The van der Waals surface area contributed by atoms with E-state index in [-0.39, 0.29) is 18.1 Å². The van der Waals surface area contributed by atoms with Gasteiger partial charge in [-0.25, -0.2) is 4.39 Å². The van der Waals surface area contributed by atoms with E-state index in [4.69, 9.17) is 0 Å². The number of fused-ring (bicyclic) bond motifs is 1. The van der Waals surface area contributed by atoms with Gasteiger partial charge in [-0.3, -0.25) is 9.00 Å². The van der Waals surface area contributed by atoms with E-state index in [2.05, 4.69) is 5.32 Å². The number of benzene rings is 2. The summed E-state index contributed by atoms with van der Waals surface area (Å²) in [5.74, 6) is -0.388. The number of nitrogens with zero attached hydrogens (tertiary/aromatic N) is 1. The molecule has 0 fully saturated rings. The van der Waals surface area contributed by atoms with Gasteiger partial charge >= 0.3 is 0 Å². The summed E-state index contributed by atoms with van der Waals surface area (Å²) in [6, 6.07) is 12.3. The minimum Gasteiger partial charge on any atom is -0.355 e. The molecule has 0 saturated heterocycles. The molecule has 30 heavy (non-hydrogen) atoms. The lowest BCUT2D eigenvalue weighted by Gasteiger charge is -2.11. The molecule has 0 aliphatic heterocycles. The van der Waals surface area contributed by atoms with Crippen LogP contribution in [-0.4, -0.2) is 48.5 Å². The maximum absolute atomic E-state index is 14.0. The van der Waals surface area contributed by atoms with Crippen molar-refractivity contribution in [1.29, 1.82) is 0 Å². The van der Waals surface area contributed by atoms with Gasteiger partial charge in [0, 0.05) is 35.0 Å². The maximum Gasteiger partial charge on any atom is 0.224 e. The monoisotopic (exact) mass is 426 g/mol. The van der Waals surface area contributed by atoms with Gasteiger partial charge in [-0.15, -0.1) is 0 Å². The molecule has 2 aromatic rings. The molecule has 4 nitrogen and oxygen atoms in total. The number of carbonyl (C=O) groups excluding carboxylic acids is 1. The Hall–Kier alpha value is -2.57. The van der Waals surface area contributed by atoms with Crippen LogP contribution in [-0.2, 0) is 15.6 Å². The molecule has 1 unspecified atom stereocenters. The Balaban J connectivity index is 1.92. The molecule has 2 aromatic carbocycles. The van der Waals surface area contributed by atoms with Gasteiger partial charge in [-0.1, -0.05) is 18.2 Å². The fourth-order valence-electron chi connectivity index (χ4n) is 3.55. The van der Waals surface area contributed by atoms with Crippen molar-refractivity contribution in [2.24, 2.45) is 0 Å². The van der Waals surface area contributed by atoms with Crippen molar-refractivity contribution in [3.05, 3.63) is 70.5 Å². The van der Waals surface area contributed by atoms with Crippen LogP contribution in [0.3, 0.4) is 0 Å². The molecule has 158 valence electrons. The van der Waals surface area contributed by atoms with Crippen molar-refractivity contribution in [3.8, 4) is 0 Å². The Morgan fingerprint density at radius 2 is 1.83 bits per heavy atom. The van der Waals surface area contributed by atoms with E-state index in [1.54, 1.807) is 12.3 Å². The van der Waals surface area contributed by atoms with Crippen LogP contribution < -0.4 is 5.32 Å². The molecule has 1 amide bonds. The molecule has 0 radical (unpaired) electrons. The fraction of sp³-hybridized carbons (Fsp3) is 0.292. The fourth-order valence-corrected chi connectivity index (χ4v) is 4.07. The lowest BCUT2D eigenvalue weighted by atomic mass is 10.0. The smallest absolute Gasteiger partial charge is 0.224 e. The lowest BCUT2D eigenvalue weighted by Crippen LogP contribution is -2.31. The van der Waals surface area contributed by atoms with Crippen LogP contribution in [0.2, 0.25) is 0 Å². The van der Waals surface area contributed by atoms with E-state index in [1.165, 1.54) is 12.1 Å². The highest BCUT2D eigenvalue weighted by Crippen LogP contribution is 2.43. The predicted molar refractivity (Wildman–Crippen MR) is 122 cm³/mol. The second-order valence-electron chi connectivity index (χ2n) is 7.70. The number of hydrogen-bond acceptors (Lipinski definition) is 3. The molecular weight excluding hydrogens is 399 g/mol. The summed E-state index contributed by atoms with van der Waals surface area (Å²) in [6.07, 6.45) is 3.89. The SMILES string of the molecule is CC1=C(CC(=O)NCCN(C)C)c2cc(F)ccc2C1=Cc1ccc(S(C)=O)cc1. The number of carbonyl (C=O) groups is 1. The molecule has 3 rings (SSSR count). The largest absolute Gasteiger partial charge is 0.355 e. The van der Waals surface area contributed by atoms with Crippen molar-refractivity contribution >= 4 is 33.9 Å². The van der Waals surface area contributed by atoms with Crippen LogP contribution in [0, 0.1) is 5.82 Å². The summed E-state index contributed by atoms with van der Waals surface area (Å²) in [5.41, 5.74) is 5.46. The van der Waals surface area contributed by atoms with Crippen molar-refractivity contribution in [2.45, 2.75) is 18.2 Å². The summed E-state index contributed by atoms with van der Waals surface area (Å²) < 4.78 is 25.6. The second kappa shape index (κ2) is 9.49. The number of amides is 1. The van der Waals surface area contributed by atoms with Gasteiger partial charge < -0.3 is 10.2 Å². The zero-order valence-corrected chi connectivity index (χ0v) is 18.6. The van der Waals surface area contributed by atoms with Crippen LogP contribution in [0.5, 0.6) is 0 Å². The van der Waals surface area contributed by atoms with E-state index < -0.39 is 10.8 Å². The van der Waals surface area contributed by atoms with Gasteiger partial charge in [0.15, 0.2) is 0 Å². The topological polar surface area (TPSA) is 49.4 Å². The summed E-state index contributed by atoms with van der Waals surface area (Å²) in [5, 5.41) is 2.93. The molecule has 0 spiro atoms. The van der Waals surface area contributed by atoms with E-state index in [9.17, 15) is 13.4 Å². The summed E-state index contributed by atoms with van der Waals surface area (Å²) in [7, 11) is 2.89. The van der Waals surface area contributed by atoms with Crippen molar-refractivity contribution < 1.29 is 13.4 Å². The number of rotatable bonds is 7. The first kappa shape index (κ1) is 22.1. The third-order valence-electron chi connectivity index (χ3n) is 5.20. The Kier molecular flexibility index (Phi) is 7.00. The van der Waals surface area contributed by atoms with Crippen molar-refractivity contribution in [2.75, 3.05) is 33.4 Å². The number of hydrogen-bond donors (Lipinski definition) is 1. The van der Waals surface area contributed by atoms with Crippen LogP contribution >= 0.6 is 0 Å². The number of allylic oxidation sites excluding steroid dienone is 2. The standard InChI is InChI=1S/C24H27FN2O2S/c1-16-21(13-17-5-8-19(9-6-17)30(4)29)20-10-7-18(25)14-23(20)22(16)15-24(28)26-11-12-27(2)3/h5-10,13-14H,11-12,15H2,1-4H3,(H,26,28). The third-order valence-corrected chi connectivity index (χ3v) is 6.13. The minimum absolute atomic E-state index is 0.0718. The first-order valence-corrected chi connectivity index (χ1v) is 11.4. The minimum atomic E-state index is -1.02. The quantitative estimate of drug-likeness (QED) is 0.729. The van der Waals surface area contributed by atoms with E-state index in [0.29, 0.717) is 6.54 Å². The Bertz CT molecular complexity index is 1040. The molecule has 0 saturated carbocycles. The summed E-state index contributed by atoms with van der Waals surface area (Å²) in [6.45, 7) is 3.31. The molecule has 1 aliphatic carbocycles. The molecule has 1 N–H and O–H groups in total. The van der Waals surface area contributed by atoms with Gasteiger partial charge in [0.2, 0.25) is 5.91 Å². The lowest BCUT2D eigenvalue weighted by molar-refractivity contribution is -0.120. The van der Waals surface area contributed by atoms with Crippen molar-refractivity contribution in [3.63, 3.8) is 0 Å². The summed E-state index contributed by atoms with van der Waals surface area (Å²) >= 11 is 0. The Labute approximate surface area is 179 Å². The normalized spacial score (nSPS) is 15.6. The zero-order chi connectivity index (χ0) is 21.8. The van der Waals surface area contributed by atoms with Crippen molar-refractivity contribution in [1.82, 2.24) is 10.2 Å². The van der Waals surface area contributed by atoms with E-state index >= 15 is 0 Å². The average molecular weight is 427 g/mol. The highest BCUT2D eigenvalue weighted by atomic mass is 32.2. The predicted octanol–water partition coefficient (Wildman–Crippen LogP) is 3.96. The van der Waals surface area contributed by atoms with Crippen LogP contribution in [0.1, 0.15) is 30.0 Å². The van der Waals surface area contributed by atoms with E-state index in [1.807, 2.05) is 56.3 Å². The van der Waals surface area contributed by atoms with Crippen LogP contribution in [0.4, 0.5) is 4.39 Å². The number of nitrogens with one attached hydrogen (secondary N) is 1. The Morgan fingerprint density at radius 3 is 2.47 bits per heavy atom. The van der Waals surface area contributed by atoms with Gasteiger partial charge in [-0.2, -0.15) is 0 Å². The first-order chi connectivity index (χ1) is 14.3. The summed E-state index contributed by atoms with van der Waals surface area (Å²) in [4.78, 5) is 15.3. The third kappa shape index (κ3) is 5.12. The molecular formula is C24H27FN2O2S. The number of halogens is 1. The van der Waals surface area contributed by atoms with Gasteiger partial charge in [0.25, 0.3) is 0 Å². The molecule has 1 aliphatic rings. The van der Waals surface area contributed by atoms with Gasteiger partial charge in [-0.05, 0) is 84.8 Å². The van der Waals surface area contributed by atoms with Gasteiger partial charge in [0.05, 0.1) is 6.42 Å². The average Bonchev–Trinajstić information content (AvgIpc) is 2.93. The molecule has 0 heterocycles. The highest BCUT2D eigenvalue weighted by Gasteiger charge is 2.25. The van der Waals surface area contributed by atoms with Crippen LogP contribution in [0.25, 0.3) is 17.2 Å².